The van der Waals surface area contributed by atoms with Gasteiger partial charge in [0, 0.05) is 5.41 Å². The Labute approximate surface area is 89.2 Å². The van der Waals surface area contributed by atoms with Crippen molar-refractivity contribution in [2.75, 3.05) is 14.2 Å². The molecule has 1 heterocycles. The number of furan rings is 1. The summed E-state index contributed by atoms with van der Waals surface area (Å²) in [6.45, 7) is 5.98. The average molecular weight is 212 g/mol. The molecule has 0 saturated carbocycles. The Morgan fingerprint density at radius 2 is 1.93 bits per heavy atom. The molecule has 1 aromatic rings. The molecule has 0 bridgehead atoms. The molecule has 0 aliphatic carbocycles. The molecule has 0 aliphatic rings. The van der Waals surface area contributed by atoms with Crippen molar-refractivity contribution in [3.63, 3.8) is 0 Å². The van der Waals surface area contributed by atoms with Crippen LogP contribution in [0.2, 0.25) is 0 Å². The van der Waals surface area contributed by atoms with E-state index in [1.165, 1.54) is 14.2 Å². The second-order valence-electron chi connectivity index (χ2n) is 4.26. The van der Waals surface area contributed by atoms with Crippen LogP contribution in [0.3, 0.4) is 0 Å². The Hall–Kier alpha value is -1.45. The second kappa shape index (κ2) is 3.96. The molecule has 0 saturated heterocycles. The van der Waals surface area contributed by atoms with Gasteiger partial charge >= 0.3 is 5.97 Å². The second-order valence-corrected chi connectivity index (χ2v) is 4.26. The number of carbonyl (C=O) groups excluding carboxylic acids is 1. The van der Waals surface area contributed by atoms with Crippen molar-refractivity contribution in [2.45, 2.75) is 26.2 Å². The molecule has 15 heavy (non-hydrogen) atoms. The van der Waals surface area contributed by atoms with Crippen LogP contribution in [0.1, 0.15) is 36.9 Å². The first-order chi connectivity index (χ1) is 6.90. The number of esters is 1. The lowest BCUT2D eigenvalue weighted by atomic mass is 9.93. The Kier molecular flexibility index (Phi) is 3.07. The van der Waals surface area contributed by atoms with E-state index in [4.69, 9.17) is 9.15 Å². The molecule has 0 aliphatic heterocycles. The van der Waals surface area contributed by atoms with Gasteiger partial charge in [-0.3, -0.25) is 0 Å². The SMILES string of the molecule is COC(=O)c1cc(C(C)(C)C)oc1OC. The zero-order valence-corrected chi connectivity index (χ0v) is 9.71. The summed E-state index contributed by atoms with van der Waals surface area (Å²) in [5.41, 5.74) is 0.157. The minimum atomic E-state index is -0.453. The van der Waals surface area contributed by atoms with Gasteiger partial charge in [0.25, 0.3) is 5.95 Å². The molecule has 0 spiro atoms. The van der Waals surface area contributed by atoms with E-state index in [0.717, 1.165) is 0 Å². The molecular weight excluding hydrogens is 196 g/mol. The fourth-order valence-electron chi connectivity index (χ4n) is 1.15. The van der Waals surface area contributed by atoms with Gasteiger partial charge in [-0.1, -0.05) is 20.8 Å². The average Bonchev–Trinajstić information content (AvgIpc) is 2.59. The fraction of sp³-hybridized carbons (Fsp3) is 0.545. The summed E-state index contributed by atoms with van der Waals surface area (Å²) in [6.07, 6.45) is 0. The van der Waals surface area contributed by atoms with Crippen molar-refractivity contribution in [3.8, 4) is 5.95 Å². The van der Waals surface area contributed by atoms with E-state index >= 15 is 0 Å². The summed E-state index contributed by atoms with van der Waals surface area (Å²) < 4.78 is 15.0. The number of hydrogen-bond donors (Lipinski definition) is 0. The Morgan fingerprint density at radius 3 is 2.33 bits per heavy atom. The van der Waals surface area contributed by atoms with Crippen LogP contribution in [0, 0.1) is 0 Å². The highest BCUT2D eigenvalue weighted by molar-refractivity contribution is 5.91. The highest BCUT2D eigenvalue weighted by Gasteiger charge is 2.25. The van der Waals surface area contributed by atoms with Crippen LogP contribution >= 0.6 is 0 Å². The van der Waals surface area contributed by atoms with Crippen molar-refractivity contribution < 1.29 is 18.7 Å². The van der Waals surface area contributed by atoms with Crippen molar-refractivity contribution in [1.82, 2.24) is 0 Å². The molecular formula is C11H16O4. The van der Waals surface area contributed by atoms with E-state index in [1.807, 2.05) is 20.8 Å². The summed E-state index contributed by atoms with van der Waals surface area (Å²) in [7, 11) is 2.78. The molecule has 0 amide bonds. The Morgan fingerprint density at radius 1 is 1.33 bits per heavy atom. The summed E-state index contributed by atoms with van der Waals surface area (Å²) in [5.74, 6) is 0.442. The van der Waals surface area contributed by atoms with Crippen LogP contribution in [-0.2, 0) is 10.2 Å². The first kappa shape index (κ1) is 11.6. The van der Waals surface area contributed by atoms with Gasteiger partial charge in [0.05, 0.1) is 14.2 Å². The van der Waals surface area contributed by atoms with E-state index in [1.54, 1.807) is 6.07 Å². The highest BCUT2D eigenvalue weighted by atomic mass is 16.6. The minimum Gasteiger partial charge on any atom is -0.468 e. The molecule has 0 radical (unpaired) electrons. The summed E-state index contributed by atoms with van der Waals surface area (Å²) in [4.78, 5) is 11.4. The van der Waals surface area contributed by atoms with E-state index in [-0.39, 0.29) is 11.4 Å². The Balaban J connectivity index is 3.17. The van der Waals surface area contributed by atoms with Crippen LogP contribution in [0.25, 0.3) is 0 Å². The zero-order chi connectivity index (χ0) is 11.6. The van der Waals surface area contributed by atoms with Crippen LogP contribution in [0.5, 0.6) is 5.95 Å². The molecule has 1 rings (SSSR count). The molecule has 0 fully saturated rings. The third-order valence-electron chi connectivity index (χ3n) is 2.03. The minimum absolute atomic E-state index is 0.167. The monoisotopic (exact) mass is 212 g/mol. The standard InChI is InChI=1S/C11H16O4/c1-11(2,3)8-6-7(9(12)13-4)10(14-5)15-8/h6H,1-5H3. The number of methoxy groups -OCH3 is 2. The third kappa shape index (κ3) is 2.32. The van der Waals surface area contributed by atoms with E-state index in [2.05, 4.69) is 4.74 Å². The maximum atomic E-state index is 11.4. The molecule has 0 unspecified atom stereocenters. The van der Waals surface area contributed by atoms with Crippen molar-refractivity contribution in [1.29, 1.82) is 0 Å². The van der Waals surface area contributed by atoms with Gasteiger partial charge in [0.2, 0.25) is 0 Å². The molecule has 0 aromatic carbocycles. The lowest BCUT2D eigenvalue weighted by molar-refractivity contribution is 0.0594. The highest BCUT2D eigenvalue weighted by Crippen LogP contribution is 2.31. The summed E-state index contributed by atoms with van der Waals surface area (Å²) >= 11 is 0. The van der Waals surface area contributed by atoms with Crippen molar-refractivity contribution in [3.05, 3.63) is 17.4 Å². The number of rotatable bonds is 2. The summed E-state index contributed by atoms with van der Waals surface area (Å²) in [6, 6.07) is 1.66. The lowest BCUT2D eigenvalue weighted by Crippen LogP contribution is -2.09. The van der Waals surface area contributed by atoms with Crippen molar-refractivity contribution in [2.24, 2.45) is 0 Å². The third-order valence-corrected chi connectivity index (χ3v) is 2.03. The predicted molar refractivity (Wildman–Crippen MR) is 55.3 cm³/mol. The smallest absolute Gasteiger partial charge is 0.345 e. The van der Waals surface area contributed by atoms with Gasteiger partial charge in [-0.15, -0.1) is 0 Å². The van der Waals surface area contributed by atoms with Gasteiger partial charge in [-0.2, -0.15) is 0 Å². The molecule has 84 valence electrons. The molecule has 4 heteroatoms. The first-order valence-corrected chi connectivity index (χ1v) is 4.66. The maximum Gasteiger partial charge on any atom is 0.345 e. The van der Waals surface area contributed by atoms with Crippen LogP contribution in [0.15, 0.2) is 10.5 Å². The summed E-state index contributed by atoms with van der Waals surface area (Å²) in [5, 5.41) is 0. The van der Waals surface area contributed by atoms with Crippen LogP contribution in [0.4, 0.5) is 0 Å². The zero-order valence-electron chi connectivity index (χ0n) is 9.71. The normalized spacial score (nSPS) is 11.3. The number of ether oxygens (including phenoxy) is 2. The first-order valence-electron chi connectivity index (χ1n) is 4.66. The topological polar surface area (TPSA) is 48.7 Å². The van der Waals surface area contributed by atoms with Gasteiger partial charge in [-0.25, -0.2) is 4.79 Å². The molecule has 4 nitrogen and oxygen atoms in total. The van der Waals surface area contributed by atoms with E-state index in [0.29, 0.717) is 11.3 Å². The number of hydrogen-bond acceptors (Lipinski definition) is 4. The predicted octanol–water partition coefficient (Wildman–Crippen LogP) is 2.37. The molecule has 0 atom stereocenters. The fourth-order valence-corrected chi connectivity index (χ4v) is 1.15. The van der Waals surface area contributed by atoms with Crippen LogP contribution < -0.4 is 4.74 Å². The van der Waals surface area contributed by atoms with Gasteiger partial charge in [-0.05, 0) is 6.07 Å². The van der Waals surface area contributed by atoms with E-state index in [9.17, 15) is 4.79 Å². The number of carbonyl (C=O) groups is 1. The quantitative estimate of drug-likeness (QED) is 0.706. The molecule has 0 N–H and O–H groups in total. The van der Waals surface area contributed by atoms with Gasteiger partial charge in [0.15, 0.2) is 0 Å². The molecule has 1 aromatic heterocycles. The van der Waals surface area contributed by atoms with Crippen LogP contribution in [-0.4, -0.2) is 20.2 Å². The van der Waals surface area contributed by atoms with Gasteiger partial charge < -0.3 is 13.9 Å². The van der Waals surface area contributed by atoms with Gasteiger partial charge in [0.1, 0.15) is 11.3 Å². The van der Waals surface area contributed by atoms with Crippen molar-refractivity contribution >= 4 is 5.97 Å². The van der Waals surface area contributed by atoms with E-state index < -0.39 is 5.97 Å². The lowest BCUT2D eigenvalue weighted by Gasteiger charge is -2.13. The maximum absolute atomic E-state index is 11.4. The largest absolute Gasteiger partial charge is 0.468 e. The Bertz CT molecular complexity index is 357.